The van der Waals surface area contributed by atoms with E-state index in [9.17, 15) is 4.79 Å². The summed E-state index contributed by atoms with van der Waals surface area (Å²) in [6.45, 7) is 9.03. The normalized spacial score (nSPS) is 28.4. The first-order valence-corrected chi connectivity index (χ1v) is 7.39. The monoisotopic (exact) mass is 253 g/mol. The largest absolute Gasteiger partial charge is 0.354 e. The van der Waals surface area contributed by atoms with E-state index in [1.165, 1.54) is 12.8 Å². The molecule has 0 bridgehead atoms. The second-order valence-corrected chi connectivity index (χ2v) is 5.96. The van der Waals surface area contributed by atoms with Crippen LogP contribution in [0.5, 0.6) is 0 Å². The number of nitrogens with one attached hydrogen (secondary N) is 2. The van der Waals surface area contributed by atoms with Gasteiger partial charge in [0.2, 0.25) is 5.91 Å². The van der Waals surface area contributed by atoms with Crippen molar-refractivity contribution in [1.29, 1.82) is 0 Å². The van der Waals surface area contributed by atoms with Gasteiger partial charge in [-0.25, -0.2) is 0 Å². The van der Waals surface area contributed by atoms with E-state index in [1.807, 2.05) is 0 Å². The zero-order valence-corrected chi connectivity index (χ0v) is 11.8. The van der Waals surface area contributed by atoms with Gasteiger partial charge in [0.25, 0.3) is 0 Å². The van der Waals surface area contributed by atoms with E-state index < -0.39 is 0 Å². The summed E-state index contributed by atoms with van der Waals surface area (Å²) >= 11 is 0. The van der Waals surface area contributed by atoms with Crippen molar-refractivity contribution in [3.63, 3.8) is 0 Å². The Morgan fingerprint density at radius 2 is 2.28 bits per heavy atom. The van der Waals surface area contributed by atoms with E-state index in [0.717, 1.165) is 51.6 Å². The first-order chi connectivity index (χ1) is 8.65. The lowest BCUT2D eigenvalue weighted by molar-refractivity contribution is -0.131. The molecule has 0 radical (unpaired) electrons. The van der Waals surface area contributed by atoms with Crippen molar-refractivity contribution in [2.75, 3.05) is 32.7 Å². The lowest BCUT2D eigenvalue weighted by atomic mass is 9.82. The summed E-state index contributed by atoms with van der Waals surface area (Å²) in [5.74, 6) is 0.224. The van der Waals surface area contributed by atoms with Crippen LogP contribution in [0, 0.1) is 5.41 Å². The number of amides is 1. The van der Waals surface area contributed by atoms with Crippen LogP contribution in [0.25, 0.3) is 0 Å². The van der Waals surface area contributed by atoms with Crippen LogP contribution in [0.2, 0.25) is 0 Å². The summed E-state index contributed by atoms with van der Waals surface area (Å²) < 4.78 is 0. The molecule has 1 heterocycles. The van der Waals surface area contributed by atoms with Crippen LogP contribution in [-0.2, 0) is 4.79 Å². The van der Waals surface area contributed by atoms with Gasteiger partial charge in [-0.1, -0.05) is 6.92 Å². The number of hydrogen-bond donors (Lipinski definition) is 2. The minimum Gasteiger partial charge on any atom is -0.354 e. The zero-order chi connectivity index (χ0) is 13.0. The average Bonchev–Trinajstić information content (AvgIpc) is 3.19. The summed E-state index contributed by atoms with van der Waals surface area (Å²) in [7, 11) is 0. The summed E-state index contributed by atoms with van der Waals surface area (Å²) in [6.07, 6.45) is 4.78. The van der Waals surface area contributed by atoms with Crippen molar-refractivity contribution in [2.45, 2.75) is 45.6 Å². The van der Waals surface area contributed by atoms with Crippen LogP contribution >= 0.6 is 0 Å². The highest BCUT2D eigenvalue weighted by molar-refractivity contribution is 5.82. The minimum absolute atomic E-state index is 0.200. The lowest BCUT2D eigenvalue weighted by Gasteiger charge is -2.33. The number of piperidine rings is 1. The molecule has 2 fully saturated rings. The van der Waals surface area contributed by atoms with Crippen molar-refractivity contribution in [1.82, 2.24) is 15.5 Å². The highest BCUT2D eigenvalue weighted by atomic mass is 16.2. The van der Waals surface area contributed by atoms with E-state index in [4.69, 9.17) is 0 Å². The standard InChI is InChI=1S/C14H27N3O/c1-3-17(12-5-6-12)10-9-16-13(18)14(2)7-4-8-15-11-14/h12,15H,3-11H2,1-2H3,(H,16,18). The predicted molar refractivity (Wildman–Crippen MR) is 73.5 cm³/mol. The number of nitrogens with zero attached hydrogens (tertiary/aromatic N) is 1. The molecule has 1 unspecified atom stereocenters. The van der Waals surface area contributed by atoms with Gasteiger partial charge in [-0.05, 0) is 45.7 Å². The Hall–Kier alpha value is -0.610. The van der Waals surface area contributed by atoms with Crippen molar-refractivity contribution < 1.29 is 4.79 Å². The van der Waals surface area contributed by atoms with Crippen molar-refractivity contribution >= 4 is 5.91 Å². The maximum atomic E-state index is 12.2. The molecule has 0 spiro atoms. The van der Waals surface area contributed by atoms with Crippen molar-refractivity contribution in [3.05, 3.63) is 0 Å². The van der Waals surface area contributed by atoms with Crippen LogP contribution in [0.1, 0.15) is 39.5 Å². The van der Waals surface area contributed by atoms with Gasteiger partial charge in [-0.2, -0.15) is 0 Å². The molecule has 2 aliphatic rings. The molecule has 0 aromatic carbocycles. The predicted octanol–water partition coefficient (Wildman–Crippen LogP) is 0.977. The Morgan fingerprint density at radius 1 is 1.50 bits per heavy atom. The van der Waals surface area contributed by atoms with Gasteiger partial charge in [-0.3, -0.25) is 9.69 Å². The number of rotatable bonds is 6. The molecule has 0 aromatic rings. The third-order valence-electron chi connectivity index (χ3n) is 4.30. The Balaban J connectivity index is 1.70. The maximum absolute atomic E-state index is 12.2. The summed E-state index contributed by atoms with van der Waals surface area (Å²) in [4.78, 5) is 14.7. The fourth-order valence-electron chi connectivity index (χ4n) is 2.82. The zero-order valence-electron chi connectivity index (χ0n) is 11.8. The van der Waals surface area contributed by atoms with Crippen LogP contribution in [-0.4, -0.2) is 49.6 Å². The Kier molecular flexibility index (Phi) is 4.62. The second-order valence-electron chi connectivity index (χ2n) is 5.96. The van der Waals surface area contributed by atoms with Gasteiger partial charge in [0.15, 0.2) is 0 Å². The Labute approximate surface area is 110 Å². The van der Waals surface area contributed by atoms with Gasteiger partial charge in [0.1, 0.15) is 0 Å². The molecular formula is C14H27N3O. The summed E-state index contributed by atoms with van der Waals surface area (Å²) in [6, 6.07) is 0.791. The Morgan fingerprint density at radius 3 is 2.83 bits per heavy atom. The summed E-state index contributed by atoms with van der Waals surface area (Å²) in [5.41, 5.74) is -0.200. The summed E-state index contributed by atoms with van der Waals surface area (Å²) in [5, 5.41) is 6.44. The highest BCUT2D eigenvalue weighted by Gasteiger charge is 2.34. The molecule has 1 aliphatic heterocycles. The molecule has 4 nitrogen and oxygen atoms in total. The topological polar surface area (TPSA) is 44.4 Å². The van der Waals surface area contributed by atoms with Crippen LogP contribution in [0.15, 0.2) is 0 Å². The molecule has 1 aliphatic carbocycles. The van der Waals surface area contributed by atoms with Crippen LogP contribution in [0.4, 0.5) is 0 Å². The second kappa shape index (κ2) is 6.02. The molecule has 18 heavy (non-hydrogen) atoms. The first-order valence-electron chi connectivity index (χ1n) is 7.39. The van der Waals surface area contributed by atoms with Crippen molar-refractivity contribution in [3.8, 4) is 0 Å². The van der Waals surface area contributed by atoms with E-state index in [1.54, 1.807) is 0 Å². The van der Waals surface area contributed by atoms with E-state index in [2.05, 4.69) is 29.4 Å². The molecule has 2 rings (SSSR count). The number of carbonyl (C=O) groups excluding carboxylic acids is 1. The van der Waals surface area contributed by atoms with E-state index in [0.29, 0.717) is 0 Å². The third kappa shape index (κ3) is 3.45. The van der Waals surface area contributed by atoms with Gasteiger partial charge >= 0.3 is 0 Å². The molecule has 2 N–H and O–H groups in total. The van der Waals surface area contributed by atoms with E-state index in [-0.39, 0.29) is 11.3 Å². The number of carbonyl (C=O) groups is 1. The Bertz CT molecular complexity index is 283. The molecule has 1 saturated carbocycles. The molecule has 0 aromatic heterocycles. The molecule has 1 atom stereocenters. The average molecular weight is 253 g/mol. The molecule has 1 saturated heterocycles. The lowest BCUT2D eigenvalue weighted by Crippen LogP contribution is -2.50. The van der Waals surface area contributed by atoms with E-state index >= 15 is 0 Å². The fourth-order valence-corrected chi connectivity index (χ4v) is 2.82. The van der Waals surface area contributed by atoms with Crippen molar-refractivity contribution in [2.24, 2.45) is 5.41 Å². The quantitative estimate of drug-likeness (QED) is 0.741. The highest BCUT2D eigenvalue weighted by Crippen LogP contribution is 2.26. The third-order valence-corrected chi connectivity index (χ3v) is 4.30. The fraction of sp³-hybridized carbons (Fsp3) is 0.929. The minimum atomic E-state index is -0.200. The van der Waals surface area contributed by atoms with Gasteiger partial charge in [-0.15, -0.1) is 0 Å². The van der Waals surface area contributed by atoms with Gasteiger partial charge in [0, 0.05) is 25.7 Å². The molecule has 1 amide bonds. The van der Waals surface area contributed by atoms with Gasteiger partial charge in [0.05, 0.1) is 5.41 Å². The number of hydrogen-bond acceptors (Lipinski definition) is 3. The molecule has 4 heteroatoms. The SMILES string of the molecule is CCN(CCNC(=O)C1(C)CCCNC1)C1CC1. The number of likely N-dealkylation sites (N-methyl/N-ethyl adjacent to an activating group) is 1. The smallest absolute Gasteiger partial charge is 0.227 e. The molecular weight excluding hydrogens is 226 g/mol. The van der Waals surface area contributed by atoms with Crippen LogP contribution < -0.4 is 10.6 Å². The first kappa shape index (κ1) is 13.8. The maximum Gasteiger partial charge on any atom is 0.227 e. The van der Waals surface area contributed by atoms with Crippen LogP contribution in [0.3, 0.4) is 0 Å². The van der Waals surface area contributed by atoms with Gasteiger partial charge < -0.3 is 10.6 Å². The molecule has 104 valence electrons.